The van der Waals surface area contributed by atoms with Crippen LogP contribution in [0, 0.1) is 0 Å². The zero-order valence-corrected chi connectivity index (χ0v) is 14.0. The SMILES string of the molecule is NC(=S)N/N=C(/C=C/c1cccc(Cl)n1)c1nc2ccccc2[nH]1. The number of aromatic amines is 1. The Morgan fingerprint density at radius 3 is 2.79 bits per heavy atom. The minimum absolute atomic E-state index is 0.0675. The van der Waals surface area contributed by atoms with Crippen LogP contribution in [-0.2, 0) is 0 Å². The largest absolute Gasteiger partial charge is 0.375 e. The van der Waals surface area contributed by atoms with Crippen LogP contribution in [0.25, 0.3) is 17.1 Å². The second-order valence-corrected chi connectivity index (χ2v) is 5.62. The molecule has 0 radical (unpaired) electrons. The second kappa shape index (κ2) is 7.20. The van der Waals surface area contributed by atoms with Gasteiger partial charge in [0, 0.05) is 0 Å². The average Bonchev–Trinajstić information content (AvgIpc) is 2.98. The van der Waals surface area contributed by atoms with Gasteiger partial charge in [-0.1, -0.05) is 29.8 Å². The quantitative estimate of drug-likeness (QED) is 0.289. The first kappa shape index (κ1) is 16.1. The number of nitrogens with one attached hydrogen (secondary N) is 2. The third kappa shape index (κ3) is 3.95. The summed E-state index contributed by atoms with van der Waals surface area (Å²) in [5.74, 6) is 0.582. The lowest BCUT2D eigenvalue weighted by molar-refractivity contribution is 1.03. The highest BCUT2D eigenvalue weighted by atomic mass is 35.5. The Kier molecular flexibility index (Phi) is 4.83. The van der Waals surface area contributed by atoms with E-state index in [1.165, 1.54) is 0 Å². The lowest BCUT2D eigenvalue weighted by atomic mass is 10.2. The van der Waals surface area contributed by atoms with Crippen LogP contribution in [0.3, 0.4) is 0 Å². The van der Waals surface area contributed by atoms with Crippen LogP contribution in [-0.4, -0.2) is 25.8 Å². The van der Waals surface area contributed by atoms with E-state index in [0.29, 0.717) is 22.4 Å². The molecule has 0 bridgehead atoms. The minimum Gasteiger partial charge on any atom is -0.375 e. The molecule has 0 unspecified atom stereocenters. The lowest BCUT2D eigenvalue weighted by Gasteiger charge is -2.00. The van der Waals surface area contributed by atoms with E-state index in [-0.39, 0.29) is 5.11 Å². The Bertz CT molecular complexity index is 913. The van der Waals surface area contributed by atoms with Gasteiger partial charge in [0.05, 0.1) is 16.7 Å². The van der Waals surface area contributed by atoms with Crippen molar-refractivity contribution in [3.63, 3.8) is 0 Å². The maximum Gasteiger partial charge on any atom is 0.184 e. The second-order valence-electron chi connectivity index (χ2n) is 4.79. The number of hydrazone groups is 1. The fourth-order valence-electron chi connectivity index (χ4n) is 2.04. The molecular formula is C16H13ClN6S. The number of para-hydroxylation sites is 2. The van der Waals surface area contributed by atoms with Gasteiger partial charge in [-0.3, -0.25) is 5.43 Å². The zero-order valence-electron chi connectivity index (χ0n) is 12.4. The molecule has 0 fully saturated rings. The van der Waals surface area contributed by atoms with Gasteiger partial charge in [0.15, 0.2) is 10.9 Å². The molecule has 0 saturated heterocycles. The molecule has 4 N–H and O–H groups in total. The number of benzene rings is 1. The predicted molar refractivity (Wildman–Crippen MR) is 101 cm³/mol. The summed E-state index contributed by atoms with van der Waals surface area (Å²) in [5, 5.41) is 4.67. The molecular weight excluding hydrogens is 344 g/mol. The average molecular weight is 357 g/mol. The van der Waals surface area contributed by atoms with Crippen LogP contribution in [0.2, 0.25) is 5.15 Å². The number of thiocarbonyl (C=S) groups is 1. The number of imidazole rings is 1. The van der Waals surface area contributed by atoms with Crippen molar-refractivity contribution in [2.75, 3.05) is 0 Å². The number of hydrogen-bond acceptors (Lipinski definition) is 4. The van der Waals surface area contributed by atoms with Crippen LogP contribution in [0.5, 0.6) is 0 Å². The first-order valence-corrected chi connectivity index (χ1v) is 7.79. The van der Waals surface area contributed by atoms with Gasteiger partial charge in [0.2, 0.25) is 0 Å². The summed E-state index contributed by atoms with van der Waals surface area (Å²) in [6, 6.07) is 13.1. The highest BCUT2D eigenvalue weighted by molar-refractivity contribution is 7.80. The number of halogens is 1. The predicted octanol–water partition coefficient (Wildman–Crippen LogP) is 2.86. The van der Waals surface area contributed by atoms with Gasteiger partial charge in [0.1, 0.15) is 10.9 Å². The van der Waals surface area contributed by atoms with Crippen LogP contribution in [0.15, 0.2) is 53.6 Å². The summed E-state index contributed by atoms with van der Waals surface area (Å²) < 4.78 is 0. The fourth-order valence-corrected chi connectivity index (χ4v) is 2.26. The molecule has 0 atom stereocenters. The van der Waals surface area contributed by atoms with Crippen molar-refractivity contribution in [1.29, 1.82) is 0 Å². The number of rotatable bonds is 4. The molecule has 0 amide bonds. The molecule has 0 aliphatic rings. The molecule has 2 heterocycles. The van der Waals surface area contributed by atoms with Gasteiger partial charge in [-0.2, -0.15) is 5.10 Å². The van der Waals surface area contributed by atoms with Gasteiger partial charge < -0.3 is 10.7 Å². The number of allylic oxidation sites excluding steroid dienone is 1. The fraction of sp³-hybridized carbons (Fsp3) is 0. The maximum atomic E-state index is 5.89. The molecule has 0 aliphatic carbocycles. The van der Waals surface area contributed by atoms with Crippen LogP contribution in [0.4, 0.5) is 0 Å². The standard InChI is InChI=1S/C16H13ClN6S/c17-14-7-3-4-10(19-14)8-9-13(22-23-16(18)24)15-20-11-5-1-2-6-12(11)21-15/h1-9H,(H,20,21)(H3,18,23,24)/b9-8+,22-13-. The van der Waals surface area contributed by atoms with Crippen molar-refractivity contribution in [1.82, 2.24) is 20.4 Å². The number of H-pyrrole nitrogens is 1. The highest BCUT2D eigenvalue weighted by Gasteiger charge is 2.07. The molecule has 0 aliphatic heterocycles. The van der Waals surface area contributed by atoms with E-state index >= 15 is 0 Å². The molecule has 24 heavy (non-hydrogen) atoms. The Morgan fingerprint density at radius 2 is 2.04 bits per heavy atom. The Hall–Kier alpha value is -2.77. The topological polar surface area (TPSA) is 92.0 Å². The maximum absolute atomic E-state index is 5.89. The smallest absolute Gasteiger partial charge is 0.184 e. The van der Waals surface area contributed by atoms with Crippen LogP contribution >= 0.6 is 23.8 Å². The van der Waals surface area contributed by atoms with Crippen molar-refractivity contribution in [3.8, 4) is 0 Å². The van der Waals surface area contributed by atoms with Crippen molar-refractivity contribution in [3.05, 3.63) is 65.2 Å². The van der Waals surface area contributed by atoms with Crippen molar-refractivity contribution < 1.29 is 0 Å². The Morgan fingerprint density at radius 1 is 1.21 bits per heavy atom. The summed E-state index contributed by atoms with van der Waals surface area (Å²) in [6.07, 6.45) is 3.53. The van der Waals surface area contributed by atoms with Crippen molar-refractivity contribution in [2.45, 2.75) is 0 Å². The first-order chi connectivity index (χ1) is 11.6. The number of hydrogen-bond donors (Lipinski definition) is 3. The van der Waals surface area contributed by atoms with E-state index in [2.05, 4.69) is 25.5 Å². The van der Waals surface area contributed by atoms with Crippen LogP contribution < -0.4 is 11.2 Å². The Balaban J connectivity index is 1.96. The van der Waals surface area contributed by atoms with Gasteiger partial charge >= 0.3 is 0 Å². The molecule has 6 nitrogen and oxygen atoms in total. The van der Waals surface area contributed by atoms with E-state index in [1.807, 2.05) is 36.4 Å². The Labute approximate surface area is 148 Å². The zero-order chi connectivity index (χ0) is 16.9. The summed E-state index contributed by atoms with van der Waals surface area (Å²) in [7, 11) is 0. The normalized spacial score (nSPS) is 12.0. The number of nitrogens with two attached hydrogens (primary N) is 1. The number of nitrogens with zero attached hydrogens (tertiary/aromatic N) is 3. The van der Waals surface area contributed by atoms with E-state index < -0.39 is 0 Å². The summed E-state index contributed by atoms with van der Waals surface area (Å²) in [6.45, 7) is 0. The third-order valence-electron chi connectivity index (χ3n) is 3.07. The van der Waals surface area contributed by atoms with Gasteiger partial charge in [-0.15, -0.1) is 0 Å². The van der Waals surface area contributed by atoms with E-state index in [4.69, 9.17) is 29.6 Å². The molecule has 3 aromatic rings. The molecule has 3 rings (SSSR count). The highest BCUT2D eigenvalue weighted by Crippen LogP contribution is 2.12. The molecule has 120 valence electrons. The number of aromatic nitrogens is 3. The first-order valence-electron chi connectivity index (χ1n) is 7.01. The molecule has 8 heteroatoms. The third-order valence-corrected chi connectivity index (χ3v) is 3.37. The molecule has 2 aromatic heterocycles. The van der Waals surface area contributed by atoms with E-state index in [0.717, 1.165) is 11.0 Å². The van der Waals surface area contributed by atoms with Gasteiger partial charge in [-0.25, -0.2) is 9.97 Å². The number of fused-ring (bicyclic) bond motifs is 1. The van der Waals surface area contributed by atoms with E-state index in [9.17, 15) is 0 Å². The lowest BCUT2D eigenvalue weighted by Crippen LogP contribution is -2.25. The number of pyridine rings is 1. The van der Waals surface area contributed by atoms with Crippen molar-refractivity contribution >= 4 is 51.8 Å². The summed E-state index contributed by atoms with van der Waals surface area (Å²) in [4.78, 5) is 11.9. The molecule has 0 saturated carbocycles. The van der Waals surface area contributed by atoms with Crippen LogP contribution in [0.1, 0.15) is 11.5 Å². The van der Waals surface area contributed by atoms with Gasteiger partial charge in [-0.05, 0) is 48.6 Å². The monoisotopic (exact) mass is 356 g/mol. The summed E-state index contributed by atoms with van der Waals surface area (Å²) >= 11 is 10.7. The van der Waals surface area contributed by atoms with Gasteiger partial charge in [0.25, 0.3) is 0 Å². The molecule has 1 aromatic carbocycles. The van der Waals surface area contributed by atoms with Crippen molar-refractivity contribution in [2.24, 2.45) is 10.8 Å². The molecule has 0 spiro atoms. The van der Waals surface area contributed by atoms with E-state index in [1.54, 1.807) is 18.2 Å². The minimum atomic E-state index is 0.0675. The summed E-state index contributed by atoms with van der Waals surface area (Å²) in [5.41, 5.74) is 11.0.